The molecule has 3 fully saturated rings. The first-order valence-electron chi connectivity index (χ1n) is 22.0. The van der Waals surface area contributed by atoms with E-state index >= 15 is 0 Å². The van der Waals surface area contributed by atoms with Crippen molar-refractivity contribution in [1.82, 2.24) is 19.4 Å². The molecule has 1 unspecified atom stereocenters. The van der Waals surface area contributed by atoms with Gasteiger partial charge in [-0.1, -0.05) is 66.7 Å². The predicted molar refractivity (Wildman–Crippen MR) is 230 cm³/mol. The number of hydrogen-bond donors (Lipinski definition) is 1. The molecule has 2 saturated heterocycles. The lowest BCUT2D eigenvalue weighted by Gasteiger charge is -2.45. The summed E-state index contributed by atoms with van der Waals surface area (Å²) >= 11 is 0. The monoisotopic (exact) mass is 803 g/mol. The number of carbonyl (C=O) groups excluding carboxylic acids is 2. The van der Waals surface area contributed by atoms with Crippen LogP contribution in [0, 0.1) is 54.8 Å². The molecule has 2 aromatic heterocycles. The van der Waals surface area contributed by atoms with Crippen molar-refractivity contribution in [3.63, 3.8) is 0 Å². The molecule has 1 aliphatic carbocycles. The van der Waals surface area contributed by atoms with E-state index in [2.05, 4.69) is 75.5 Å². The SMILES string of the molecule is C=C1O[C@H](CC)[C@H]2CC(=O)C(C)(CCCCn3cnc(-c4ccc(C)nc4)c3C)[C@@H]2[C@@H](C)C(=O)[C@H](C)C[C@](C)(O)[C@H](O[C@H]2C[C@@H](N(C)C)C[C@@H](C)O2)[C@@H](C)C(=C)[C@H]1C. The largest absolute Gasteiger partial charge is 0.494 e. The van der Waals surface area contributed by atoms with Gasteiger partial charge in [0, 0.05) is 83.6 Å². The first-order chi connectivity index (χ1) is 27.2. The third-order valence-corrected chi connectivity index (χ3v) is 14.4. The summed E-state index contributed by atoms with van der Waals surface area (Å²) in [7, 11) is 4.15. The van der Waals surface area contributed by atoms with Gasteiger partial charge in [0.2, 0.25) is 0 Å². The molecule has 0 bridgehead atoms. The number of Topliss-reactive ketones (excluding diaryl/α,β-unsaturated/α-hetero) is 2. The normalized spacial score (nSPS) is 36.8. The van der Waals surface area contributed by atoms with Crippen LogP contribution < -0.4 is 0 Å². The lowest BCUT2D eigenvalue weighted by Crippen LogP contribution is -2.52. The van der Waals surface area contributed by atoms with E-state index in [1.165, 1.54) is 0 Å². The molecule has 1 saturated carbocycles. The molecular formula is C48H74N4O6. The highest BCUT2D eigenvalue weighted by Crippen LogP contribution is 2.54. The number of rotatable bonds is 10. The van der Waals surface area contributed by atoms with Crippen LogP contribution in [-0.4, -0.2) is 86.4 Å². The third-order valence-electron chi connectivity index (χ3n) is 14.4. The van der Waals surface area contributed by atoms with Gasteiger partial charge in [0.05, 0.1) is 35.6 Å². The zero-order valence-electron chi connectivity index (χ0n) is 37.7. The summed E-state index contributed by atoms with van der Waals surface area (Å²) in [4.78, 5) is 40.5. The van der Waals surface area contributed by atoms with Crippen LogP contribution in [0.15, 0.2) is 49.1 Å². The van der Waals surface area contributed by atoms with Gasteiger partial charge in [-0.05, 0) is 91.9 Å². The Kier molecular flexibility index (Phi) is 14.7. The van der Waals surface area contributed by atoms with E-state index in [0.717, 1.165) is 54.0 Å². The van der Waals surface area contributed by atoms with Crippen LogP contribution in [0.5, 0.6) is 0 Å². The zero-order valence-corrected chi connectivity index (χ0v) is 37.7. The average molecular weight is 803 g/mol. The number of unbranched alkanes of at least 4 members (excludes halogenated alkanes) is 1. The van der Waals surface area contributed by atoms with E-state index in [9.17, 15) is 14.7 Å². The molecule has 2 aliphatic heterocycles. The highest BCUT2D eigenvalue weighted by molar-refractivity contribution is 5.90. The van der Waals surface area contributed by atoms with Crippen molar-refractivity contribution in [2.45, 2.75) is 163 Å². The molecular weight excluding hydrogens is 729 g/mol. The van der Waals surface area contributed by atoms with Gasteiger partial charge in [-0.25, -0.2) is 4.98 Å². The Morgan fingerprint density at radius 2 is 1.72 bits per heavy atom. The van der Waals surface area contributed by atoms with E-state index in [1.807, 2.05) is 53.2 Å². The third kappa shape index (κ3) is 9.72. The smallest absolute Gasteiger partial charge is 0.159 e. The highest BCUT2D eigenvalue weighted by Gasteiger charge is 2.57. The Hall–Kier alpha value is -3.18. The van der Waals surface area contributed by atoms with Gasteiger partial charge in [-0.15, -0.1) is 0 Å². The maximum Gasteiger partial charge on any atom is 0.159 e. The van der Waals surface area contributed by atoms with E-state index in [4.69, 9.17) is 19.2 Å². The number of allylic oxidation sites excluding steroid dienone is 1. The Labute approximate surface area is 349 Å². The second-order valence-electron chi connectivity index (χ2n) is 19.0. The molecule has 10 heteroatoms. The summed E-state index contributed by atoms with van der Waals surface area (Å²) in [6.45, 7) is 29.8. The van der Waals surface area contributed by atoms with Crippen LogP contribution in [0.2, 0.25) is 0 Å². The summed E-state index contributed by atoms with van der Waals surface area (Å²) in [5, 5.41) is 12.5. The number of fused-ring (bicyclic) bond motifs is 1. The van der Waals surface area contributed by atoms with Crippen molar-refractivity contribution in [1.29, 1.82) is 0 Å². The van der Waals surface area contributed by atoms with Crippen LogP contribution in [0.25, 0.3) is 11.3 Å². The predicted octanol–water partition coefficient (Wildman–Crippen LogP) is 8.92. The molecule has 3 aliphatic rings. The molecule has 0 amide bonds. The summed E-state index contributed by atoms with van der Waals surface area (Å²) in [5.41, 5.74) is 2.71. The van der Waals surface area contributed by atoms with Gasteiger partial charge in [0.1, 0.15) is 17.7 Å². The fourth-order valence-corrected chi connectivity index (χ4v) is 10.7. The molecule has 0 spiro atoms. The summed E-state index contributed by atoms with van der Waals surface area (Å²) in [5.74, 6) is -1.03. The summed E-state index contributed by atoms with van der Waals surface area (Å²) < 4.78 is 22.1. The number of carbonyl (C=O) groups is 2. The van der Waals surface area contributed by atoms with Crippen LogP contribution >= 0.6 is 0 Å². The Morgan fingerprint density at radius 1 is 1.02 bits per heavy atom. The minimum Gasteiger partial charge on any atom is -0.494 e. The number of hydrogen-bond acceptors (Lipinski definition) is 9. The number of aryl methyl sites for hydroxylation is 2. The van der Waals surface area contributed by atoms with Crippen LogP contribution in [-0.2, 0) is 30.3 Å². The fourth-order valence-electron chi connectivity index (χ4n) is 10.7. The van der Waals surface area contributed by atoms with Gasteiger partial charge < -0.3 is 28.8 Å². The Balaban J connectivity index is 1.40. The maximum atomic E-state index is 14.8. The molecule has 58 heavy (non-hydrogen) atoms. The average Bonchev–Trinajstić information content (AvgIpc) is 3.66. The summed E-state index contributed by atoms with van der Waals surface area (Å²) in [6.07, 6.45) is 7.40. The van der Waals surface area contributed by atoms with E-state index in [-0.39, 0.29) is 59.9 Å². The molecule has 322 valence electrons. The molecule has 1 N–H and O–H groups in total. The lowest BCUT2D eigenvalue weighted by molar-refractivity contribution is -0.258. The zero-order chi connectivity index (χ0) is 42.9. The van der Waals surface area contributed by atoms with Crippen molar-refractivity contribution in [2.75, 3.05) is 14.1 Å². The standard InChI is InChI=1S/C48H74N4O6/c1-15-40-39-24-41(53)47(11,20-16-17-21-52-27-50-44(35(52)9)37-19-18-29(3)49-26-37)43(39)34(8)45(54)28(2)25-48(12,55)46(33(7)31(5)32(6)36(10)57-40)58-42-23-38(51(13)14)22-30(4)56-42/h18-19,26-28,30,32-34,38-40,42-43,46,55H,5,10,15-17,20-25H2,1-4,6-9,11-14H3/t28-,30-,32-,33+,34-,38+,39-,40-,42+,43-,46-,47?,48+/m1/s1. The first-order valence-corrected chi connectivity index (χ1v) is 22.0. The fraction of sp³-hybridized carbons (Fsp3) is 0.708. The lowest BCUT2D eigenvalue weighted by atomic mass is 9.64. The highest BCUT2D eigenvalue weighted by atomic mass is 16.7. The van der Waals surface area contributed by atoms with Crippen LogP contribution in [0.4, 0.5) is 0 Å². The van der Waals surface area contributed by atoms with Crippen LogP contribution in [0.3, 0.4) is 0 Å². The minimum absolute atomic E-state index is 0.00589. The molecule has 0 radical (unpaired) electrons. The van der Waals surface area contributed by atoms with E-state index < -0.39 is 35.2 Å². The molecule has 13 atom stereocenters. The van der Waals surface area contributed by atoms with E-state index in [1.54, 1.807) is 6.92 Å². The quantitative estimate of drug-likeness (QED) is 0.186. The number of nitrogens with zero attached hydrogens (tertiary/aromatic N) is 4. The number of ketones is 2. The van der Waals surface area contributed by atoms with Crippen molar-refractivity contribution in [3.8, 4) is 11.3 Å². The van der Waals surface area contributed by atoms with Gasteiger partial charge in [-0.2, -0.15) is 0 Å². The van der Waals surface area contributed by atoms with Gasteiger partial charge >= 0.3 is 0 Å². The van der Waals surface area contributed by atoms with Gasteiger partial charge in [0.15, 0.2) is 6.29 Å². The summed E-state index contributed by atoms with van der Waals surface area (Å²) in [6, 6.07) is 4.33. The number of pyridine rings is 1. The molecule has 10 nitrogen and oxygen atoms in total. The molecule has 5 rings (SSSR count). The van der Waals surface area contributed by atoms with Crippen LogP contribution in [0.1, 0.15) is 118 Å². The second kappa shape index (κ2) is 18.6. The van der Waals surface area contributed by atoms with E-state index in [0.29, 0.717) is 31.4 Å². The van der Waals surface area contributed by atoms with Gasteiger partial charge in [0.25, 0.3) is 0 Å². The van der Waals surface area contributed by atoms with Crippen molar-refractivity contribution >= 4 is 11.6 Å². The first kappa shape index (κ1) is 45.9. The second-order valence-corrected chi connectivity index (χ2v) is 19.0. The molecule has 0 aromatic carbocycles. The molecule has 2 aromatic rings. The minimum atomic E-state index is -1.40. The maximum absolute atomic E-state index is 14.8. The number of aromatic nitrogens is 3. The Morgan fingerprint density at radius 3 is 2.36 bits per heavy atom. The molecule has 4 heterocycles. The Bertz CT molecular complexity index is 1770. The number of aliphatic hydroxyl groups is 1. The van der Waals surface area contributed by atoms with Gasteiger partial charge in [-0.3, -0.25) is 14.6 Å². The van der Waals surface area contributed by atoms with Crippen molar-refractivity contribution in [3.05, 3.63) is 60.5 Å². The van der Waals surface area contributed by atoms with Crippen molar-refractivity contribution in [2.24, 2.45) is 40.9 Å². The number of imidazole rings is 1. The number of ether oxygens (including phenoxy) is 3. The topological polar surface area (TPSA) is 116 Å². The van der Waals surface area contributed by atoms with Crippen molar-refractivity contribution < 1.29 is 28.9 Å².